The SMILES string of the molecule is COC(=O)[C@@H](N)Cc1ccccc1.COC(=O)[C@H](Cc1ccccc1)NC(=O)c1cc2cc(Cl)ccc2[nH]1.Cl. The molecular formula is C29H31Cl2N3O5. The van der Waals surface area contributed by atoms with Gasteiger partial charge in [0, 0.05) is 22.3 Å². The molecule has 0 aliphatic carbocycles. The van der Waals surface area contributed by atoms with Crippen LogP contribution < -0.4 is 11.1 Å². The van der Waals surface area contributed by atoms with Crippen LogP contribution in [0.2, 0.25) is 5.02 Å². The molecule has 1 heterocycles. The van der Waals surface area contributed by atoms with Crippen LogP contribution in [0.4, 0.5) is 0 Å². The van der Waals surface area contributed by atoms with Crippen LogP contribution in [0.5, 0.6) is 0 Å². The number of amides is 1. The second kappa shape index (κ2) is 15.5. The van der Waals surface area contributed by atoms with Crippen molar-refractivity contribution < 1.29 is 23.9 Å². The van der Waals surface area contributed by atoms with Gasteiger partial charge >= 0.3 is 11.9 Å². The molecule has 3 aromatic carbocycles. The highest BCUT2D eigenvalue weighted by molar-refractivity contribution is 6.31. The summed E-state index contributed by atoms with van der Waals surface area (Å²) in [5.74, 6) is -1.24. The van der Waals surface area contributed by atoms with Gasteiger partial charge in [0.1, 0.15) is 17.8 Å². The number of carbonyl (C=O) groups is 3. The third-order valence-corrected chi connectivity index (χ3v) is 5.94. The molecule has 4 rings (SSSR count). The number of rotatable bonds is 8. The van der Waals surface area contributed by atoms with Crippen molar-refractivity contribution in [3.05, 3.63) is 107 Å². The predicted octanol–water partition coefficient (Wildman–Crippen LogP) is 4.49. The van der Waals surface area contributed by atoms with Crippen molar-refractivity contribution in [1.29, 1.82) is 0 Å². The lowest BCUT2D eigenvalue weighted by Gasteiger charge is -2.16. The minimum absolute atomic E-state index is 0. The Morgan fingerprint density at radius 3 is 1.97 bits per heavy atom. The zero-order valence-electron chi connectivity index (χ0n) is 21.6. The van der Waals surface area contributed by atoms with Crippen LogP contribution in [0.15, 0.2) is 84.9 Å². The molecule has 39 heavy (non-hydrogen) atoms. The summed E-state index contributed by atoms with van der Waals surface area (Å²) in [6.07, 6.45) is 0.874. The van der Waals surface area contributed by atoms with E-state index in [9.17, 15) is 14.4 Å². The van der Waals surface area contributed by atoms with Gasteiger partial charge in [-0.15, -0.1) is 12.4 Å². The standard InChI is InChI=1S/C19H17ClN2O3.C10H13NO2.ClH/c1-25-19(24)17(9-12-5-3-2-4-6-12)22-18(23)16-11-13-10-14(20)7-8-15(13)21-16;1-13-10(12)9(11)7-8-5-3-2-4-6-8;/h2-8,10-11,17,21H,9H2,1H3,(H,22,23);2-6,9H,7,11H2,1H3;1H/t17-;9-;/m00./s1. The summed E-state index contributed by atoms with van der Waals surface area (Å²) in [5, 5.41) is 4.15. The Balaban J connectivity index is 0.000000324. The summed E-state index contributed by atoms with van der Waals surface area (Å²) in [4.78, 5) is 38.6. The quantitative estimate of drug-likeness (QED) is 0.268. The van der Waals surface area contributed by atoms with Crippen molar-refractivity contribution in [3.63, 3.8) is 0 Å². The number of benzene rings is 3. The molecule has 10 heteroatoms. The largest absolute Gasteiger partial charge is 0.468 e. The van der Waals surface area contributed by atoms with Gasteiger partial charge in [-0.3, -0.25) is 9.59 Å². The Labute approximate surface area is 238 Å². The van der Waals surface area contributed by atoms with E-state index in [0.29, 0.717) is 23.6 Å². The zero-order chi connectivity index (χ0) is 27.5. The molecule has 2 atom stereocenters. The summed E-state index contributed by atoms with van der Waals surface area (Å²) in [5.41, 5.74) is 8.72. The van der Waals surface area contributed by atoms with Crippen molar-refractivity contribution >= 4 is 52.8 Å². The first-order chi connectivity index (χ1) is 18.3. The summed E-state index contributed by atoms with van der Waals surface area (Å²) in [6, 6.07) is 24.8. The first kappa shape index (κ1) is 31.4. The van der Waals surface area contributed by atoms with E-state index in [1.54, 1.807) is 24.3 Å². The molecule has 0 saturated heterocycles. The first-order valence-electron chi connectivity index (χ1n) is 11.9. The summed E-state index contributed by atoms with van der Waals surface area (Å²) in [6.45, 7) is 0. The van der Waals surface area contributed by atoms with Crippen LogP contribution >= 0.6 is 24.0 Å². The minimum atomic E-state index is -0.769. The molecule has 0 aliphatic heterocycles. The van der Waals surface area contributed by atoms with E-state index in [1.165, 1.54) is 14.2 Å². The van der Waals surface area contributed by atoms with Crippen LogP contribution in [-0.2, 0) is 31.9 Å². The number of fused-ring (bicyclic) bond motifs is 1. The number of ether oxygens (including phenoxy) is 2. The van der Waals surface area contributed by atoms with Crippen LogP contribution in [0, 0.1) is 0 Å². The number of hydrogen-bond acceptors (Lipinski definition) is 6. The normalized spacial score (nSPS) is 11.7. The Kier molecular flexibility index (Phi) is 12.5. The molecule has 0 unspecified atom stereocenters. The highest BCUT2D eigenvalue weighted by Crippen LogP contribution is 2.20. The highest BCUT2D eigenvalue weighted by atomic mass is 35.5. The number of halogens is 2. The molecule has 206 valence electrons. The maximum absolute atomic E-state index is 12.5. The van der Waals surface area contributed by atoms with E-state index < -0.39 is 18.1 Å². The van der Waals surface area contributed by atoms with E-state index in [-0.39, 0.29) is 24.3 Å². The molecular weight excluding hydrogens is 541 g/mol. The summed E-state index contributed by atoms with van der Waals surface area (Å²) in [7, 11) is 2.64. The number of nitrogens with two attached hydrogens (primary N) is 1. The lowest BCUT2D eigenvalue weighted by Crippen LogP contribution is -2.43. The topological polar surface area (TPSA) is 124 Å². The number of methoxy groups -OCH3 is 2. The number of carbonyl (C=O) groups excluding carboxylic acids is 3. The first-order valence-corrected chi connectivity index (χ1v) is 12.3. The Bertz CT molecular complexity index is 1360. The molecule has 1 amide bonds. The van der Waals surface area contributed by atoms with Gasteiger partial charge in [-0.25, -0.2) is 4.79 Å². The molecule has 4 N–H and O–H groups in total. The number of H-pyrrole nitrogens is 1. The van der Waals surface area contributed by atoms with Gasteiger partial charge in [0.05, 0.1) is 14.2 Å². The molecule has 4 aromatic rings. The maximum Gasteiger partial charge on any atom is 0.328 e. The zero-order valence-corrected chi connectivity index (χ0v) is 23.1. The lowest BCUT2D eigenvalue weighted by atomic mass is 10.1. The van der Waals surface area contributed by atoms with E-state index in [0.717, 1.165) is 22.0 Å². The summed E-state index contributed by atoms with van der Waals surface area (Å²) >= 11 is 5.97. The fraction of sp³-hybridized carbons (Fsp3) is 0.207. The van der Waals surface area contributed by atoms with Gasteiger partial charge in [-0.05, 0) is 41.8 Å². The average molecular weight is 572 g/mol. The smallest absolute Gasteiger partial charge is 0.328 e. The molecule has 0 saturated carbocycles. The fourth-order valence-corrected chi connectivity index (χ4v) is 3.93. The molecule has 0 bridgehead atoms. The van der Waals surface area contributed by atoms with Crippen molar-refractivity contribution in [3.8, 4) is 0 Å². The van der Waals surface area contributed by atoms with Gasteiger partial charge < -0.3 is 25.5 Å². The number of aromatic amines is 1. The monoisotopic (exact) mass is 571 g/mol. The van der Waals surface area contributed by atoms with Crippen LogP contribution in [0.1, 0.15) is 21.6 Å². The van der Waals surface area contributed by atoms with Gasteiger partial charge in [0.25, 0.3) is 5.91 Å². The Hall–Kier alpha value is -3.85. The van der Waals surface area contributed by atoms with Crippen molar-refractivity contribution in [2.45, 2.75) is 24.9 Å². The van der Waals surface area contributed by atoms with E-state index >= 15 is 0 Å². The van der Waals surface area contributed by atoms with Crippen LogP contribution in [0.25, 0.3) is 10.9 Å². The van der Waals surface area contributed by atoms with Gasteiger partial charge in [-0.1, -0.05) is 72.3 Å². The minimum Gasteiger partial charge on any atom is -0.468 e. The maximum atomic E-state index is 12.5. The molecule has 1 aromatic heterocycles. The van der Waals surface area contributed by atoms with Gasteiger partial charge in [-0.2, -0.15) is 0 Å². The Morgan fingerprint density at radius 2 is 1.41 bits per heavy atom. The average Bonchev–Trinajstić information content (AvgIpc) is 3.36. The van der Waals surface area contributed by atoms with E-state index in [2.05, 4.69) is 15.0 Å². The summed E-state index contributed by atoms with van der Waals surface area (Å²) < 4.78 is 9.33. The highest BCUT2D eigenvalue weighted by Gasteiger charge is 2.23. The lowest BCUT2D eigenvalue weighted by molar-refractivity contribution is -0.143. The van der Waals surface area contributed by atoms with Crippen LogP contribution in [0.3, 0.4) is 0 Å². The number of hydrogen-bond donors (Lipinski definition) is 3. The third kappa shape index (κ3) is 9.44. The second-order valence-electron chi connectivity index (χ2n) is 8.47. The molecule has 0 radical (unpaired) electrons. The molecule has 8 nitrogen and oxygen atoms in total. The van der Waals surface area contributed by atoms with Crippen molar-refractivity contribution in [2.75, 3.05) is 14.2 Å². The molecule has 0 spiro atoms. The number of aromatic nitrogens is 1. The van der Waals surface area contributed by atoms with Crippen molar-refractivity contribution in [1.82, 2.24) is 10.3 Å². The van der Waals surface area contributed by atoms with Crippen molar-refractivity contribution in [2.24, 2.45) is 5.73 Å². The second-order valence-corrected chi connectivity index (χ2v) is 8.91. The van der Waals surface area contributed by atoms with E-state index in [4.69, 9.17) is 22.1 Å². The predicted molar refractivity (Wildman–Crippen MR) is 154 cm³/mol. The number of esters is 2. The van der Waals surface area contributed by atoms with Gasteiger partial charge in [0.2, 0.25) is 0 Å². The fourth-order valence-electron chi connectivity index (χ4n) is 3.75. The third-order valence-electron chi connectivity index (χ3n) is 5.70. The van der Waals surface area contributed by atoms with Crippen LogP contribution in [-0.4, -0.2) is 49.1 Å². The Morgan fingerprint density at radius 1 is 0.846 bits per heavy atom. The number of nitrogens with one attached hydrogen (secondary N) is 2. The molecule has 0 aliphatic rings. The van der Waals surface area contributed by atoms with E-state index in [1.807, 2.05) is 60.7 Å². The molecule has 0 fully saturated rings. The van der Waals surface area contributed by atoms with Gasteiger partial charge in [0.15, 0.2) is 0 Å².